The van der Waals surface area contributed by atoms with Crippen molar-refractivity contribution >= 4 is 23.8 Å². The average Bonchev–Trinajstić information content (AvgIpc) is 3.07. The first-order valence-corrected chi connectivity index (χ1v) is 7.52. The van der Waals surface area contributed by atoms with Gasteiger partial charge in [-0.2, -0.15) is 0 Å². The Labute approximate surface area is 111 Å². The molecule has 0 bridgehead atoms. The SMILES string of the molecule is CCC1SCC(C(=O)O)N1C(=O)NC(C)C1CC1. The summed E-state index contributed by atoms with van der Waals surface area (Å²) >= 11 is 1.55. The molecule has 3 unspecified atom stereocenters. The van der Waals surface area contributed by atoms with Crippen LogP contribution in [0.15, 0.2) is 0 Å². The van der Waals surface area contributed by atoms with Crippen LogP contribution in [-0.2, 0) is 4.79 Å². The molecule has 0 aromatic heterocycles. The van der Waals surface area contributed by atoms with Gasteiger partial charge in [-0.25, -0.2) is 9.59 Å². The molecule has 5 nitrogen and oxygen atoms in total. The highest BCUT2D eigenvalue weighted by Gasteiger charge is 2.42. The molecule has 102 valence electrons. The highest BCUT2D eigenvalue weighted by molar-refractivity contribution is 8.00. The molecule has 2 N–H and O–H groups in total. The van der Waals surface area contributed by atoms with E-state index in [2.05, 4.69) is 5.32 Å². The fraction of sp³-hybridized carbons (Fsp3) is 0.833. The monoisotopic (exact) mass is 272 g/mol. The van der Waals surface area contributed by atoms with Crippen LogP contribution in [0, 0.1) is 5.92 Å². The maximum atomic E-state index is 12.2. The van der Waals surface area contributed by atoms with Gasteiger partial charge in [-0.3, -0.25) is 4.90 Å². The fourth-order valence-corrected chi connectivity index (χ4v) is 3.67. The number of aliphatic carboxylic acids is 1. The Morgan fingerprint density at radius 1 is 1.50 bits per heavy atom. The van der Waals surface area contributed by atoms with Crippen LogP contribution in [0.2, 0.25) is 0 Å². The largest absolute Gasteiger partial charge is 0.480 e. The van der Waals surface area contributed by atoms with E-state index in [4.69, 9.17) is 5.11 Å². The van der Waals surface area contributed by atoms with E-state index in [-0.39, 0.29) is 17.4 Å². The maximum Gasteiger partial charge on any atom is 0.327 e. The lowest BCUT2D eigenvalue weighted by Gasteiger charge is -2.28. The van der Waals surface area contributed by atoms with Gasteiger partial charge in [-0.05, 0) is 32.1 Å². The first-order chi connectivity index (χ1) is 8.54. The number of rotatable bonds is 4. The third-order valence-corrected chi connectivity index (χ3v) is 5.10. The van der Waals surface area contributed by atoms with Crippen molar-refractivity contribution in [1.82, 2.24) is 10.2 Å². The van der Waals surface area contributed by atoms with Crippen molar-refractivity contribution in [2.24, 2.45) is 5.92 Å². The van der Waals surface area contributed by atoms with Gasteiger partial charge in [0.15, 0.2) is 0 Å². The van der Waals surface area contributed by atoms with Crippen molar-refractivity contribution in [3.63, 3.8) is 0 Å². The maximum absolute atomic E-state index is 12.2. The van der Waals surface area contributed by atoms with E-state index in [1.165, 1.54) is 4.90 Å². The Morgan fingerprint density at radius 2 is 2.17 bits per heavy atom. The Balaban J connectivity index is 2.01. The zero-order valence-electron chi connectivity index (χ0n) is 10.8. The van der Waals surface area contributed by atoms with Gasteiger partial charge in [0.1, 0.15) is 6.04 Å². The van der Waals surface area contributed by atoms with Gasteiger partial charge in [0, 0.05) is 11.8 Å². The lowest BCUT2D eigenvalue weighted by molar-refractivity contribution is -0.141. The highest BCUT2D eigenvalue weighted by Crippen LogP contribution is 2.34. The molecular weight excluding hydrogens is 252 g/mol. The summed E-state index contributed by atoms with van der Waals surface area (Å²) in [5.41, 5.74) is 0. The van der Waals surface area contributed by atoms with Crippen LogP contribution in [0.4, 0.5) is 4.79 Å². The summed E-state index contributed by atoms with van der Waals surface area (Å²) in [6.07, 6.45) is 3.10. The van der Waals surface area contributed by atoms with E-state index in [9.17, 15) is 9.59 Å². The van der Waals surface area contributed by atoms with Gasteiger partial charge in [0.25, 0.3) is 0 Å². The molecule has 1 saturated carbocycles. The number of hydrogen-bond acceptors (Lipinski definition) is 3. The molecule has 6 heteroatoms. The minimum absolute atomic E-state index is 0.0162. The molecule has 1 heterocycles. The van der Waals surface area contributed by atoms with E-state index >= 15 is 0 Å². The number of thioether (sulfide) groups is 1. The van der Waals surface area contributed by atoms with Gasteiger partial charge in [-0.1, -0.05) is 6.92 Å². The van der Waals surface area contributed by atoms with Gasteiger partial charge < -0.3 is 10.4 Å². The van der Waals surface area contributed by atoms with Crippen molar-refractivity contribution in [2.45, 2.75) is 50.6 Å². The number of carbonyl (C=O) groups is 2. The van der Waals surface area contributed by atoms with Crippen molar-refractivity contribution in [1.29, 1.82) is 0 Å². The average molecular weight is 272 g/mol. The Morgan fingerprint density at radius 3 is 2.67 bits per heavy atom. The second-order valence-electron chi connectivity index (χ2n) is 5.03. The normalized spacial score (nSPS) is 29.1. The molecule has 2 rings (SSSR count). The van der Waals surface area contributed by atoms with Gasteiger partial charge in [-0.15, -0.1) is 11.8 Å². The number of carboxylic acids is 1. The molecule has 0 spiro atoms. The molecule has 0 aromatic carbocycles. The van der Waals surface area contributed by atoms with Crippen molar-refractivity contribution in [3.8, 4) is 0 Å². The molecule has 0 aromatic rings. The lowest BCUT2D eigenvalue weighted by atomic mass is 10.2. The van der Waals surface area contributed by atoms with Crippen LogP contribution < -0.4 is 5.32 Å². The zero-order chi connectivity index (χ0) is 13.3. The molecular formula is C12H20N2O3S. The second-order valence-corrected chi connectivity index (χ2v) is 6.24. The Hall–Kier alpha value is -0.910. The number of urea groups is 1. The standard InChI is InChI=1S/C12H20N2O3S/c1-3-10-14(9(6-18-10)11(15)16)12(17)13-7(2)8-4-5-8/h7-10H,3-6H2,1-2H3,(H,13,17)(H,15,16). The van der Waals surface area contributed by atoms with E-state index < -0.39 is 12.0 Å². The summed E-state index contributed by atoms with van der Waals surface area (Å²) in [7, 11) is 0. The van der Waals surface area contributed by atoms with Gasteiger partial charge in [0.05, 0.1) is 5.37 Å². The van der Waals surface area contributed by atoms with Crippen LogP contribution in [0.25, 0.3) is 0 Å². The third kappa shape index (κ3) is 2.74. The first-order valence-electron chi connectivity index (χ1n) is 6.47. The number of hydrogen-bond donors (Lipinski definition) is 2. The summed E-state index contributed by atoms with van der Waals surface area (Å²) in [5.74, 6) is 0.152. The molecule has 2 amide bonds. The number of nitrogens with zero attached hydrogens (tertiary/aromatic N) is 1. The molecule has 18 heavy (non-hydrogen) atoms. The molecule has 1 aliphatic carbocycles. The summed E-state index contributed by atoms with van der Waals surface area (Å²) in [4.78, 5) is 24.9. The van der Waals surface area contributed by atoms with E-state index in [1.54, 1.807) is 11.8 Å². The second kappa shape index (κ2) is 5.38. The fourth-order valence-electron chi connectivity index (χ4n) is 2.32. The lowest BCUT2D eigenvalue weighted by Crippen LogP contribution is -2.52. The van der Waals surface area contributed by atoms with E-state index in [0.29, 0.717) is 11.7 Å². The summed E-state index contributed by atoms with van der Waals surface area (Å²) in [6, 6.07) is -0.764. The van der Waals surface area contributed by atoms with Gasteiger partial charge in [0.2, 0.25) is 0 Å². The van der Waals surface area contributed by atoms with Crippen LogP contribution in [-0.4, -0.2) is 45.2 Å². The Bertz CT molecular complexity index is 346. The predicted octanol–water partition coefficient (Wildman–Crippen LogP) is 1.73. The smallest absolute Gasteiger partial charge is 0.327 e. The van der Waals surface area contributed by atoms with Gasteiger partial charge >= 0.3 is 12.0 Å². The topological polar surface area (TPSA) is 69.6 Å². The van der Waals surface area contributed by atoms with Crippen LogP contribution in [0.3, 0.4) is 0 Å². The summed E-state index contributed by atoms with van der Waals surface area (Å²) in [6.45, 7) is 3.97. The van der Waals surface area contributed by atoms with Crippen molar-refractivity contribution < 1.29 is 14.7 Å². The Kier molecular flexibility index (Phi) is 4.04. The molecule has 0 radical (unpaired) electrons. The number of carboxylic acid groups (broad SMARTS) is 1. The number of carbonyl (C=O) groups excluding carboxylic acids is 1. The highest BCUT2D eigenvalue weighted by atomic mass is 32.2. The molecule has 3 atom stereocenters. The third-order valence-electron chi connectivity index (χ3n) is 3.64. The van der Waals surface area contributed by atoms with E-state index in [1.807, 2.05) is 13.8 Å². The summed E-state index contributed by atoms with van der Waals surface area (Å²) < 4.78 is 0. The first kappa shape index (κ1) is 13.5. The molecule has 2 fully saturated rings. The quantitative estimate of drug-likeness (QED) is 0.817. The number of amides is 2. The van der Waals surface area contributed by atoms with E-state index in [0.717, 1.165) is 19.3 Å². The van der Waals surface area contributed by atoms with Crippen LogP contribution in [0.1, 0.15) is 33.1 Å². The molecule has 1 aliphatic heterocycles. The number of nitrogens with one attached hydrogen (secondary N) is 1. The predicted molar refractivity (Wildman–Crippen MR) is 70.5 cm³/mol. The van der Waals surface area contributed by atoms with Crippen LogP contribution in [0.5, 0.6) is 0 Å². The molecule has 2 aliphatic rings. The van der Waals surface area contributed by atoms with Crippen molar-refractivity contribution in [2.75, 3.05) is 5.75 Å². The minimum atomic E-state index is -0.910. The minimum Gasteiger partial charge on any atom is -0.480 e. The molecule has 1 saturated heterocycles. The summed E-state index contributed by atoms with van der Waals surface area (Å²) in [5, 5.41) is 12.1. The zero-order valence-corrected chi connectivity index (χ0v) is 11.6. The van der Waals surface area contributed by atoms with Crippen molar-refractivity contribution in [3.05, 3.63) is 0 Å². The van der Waals surface area contributed by atoms with Crippen LogP contribution >= 0.6 is 11.8 Å².